The summed E-state index contributed by atoms with van der Waals surface area (Å²) in [6, 6.07) is 6.75. The summed E-state index contributed by atoms with van der Waals surface area (Å²) in [4.78, 5) is 9.23. The maximum atomic E-state index is 5.56. The van der Waals surface area contributed by atoms with Crippen molar-refractivity contribution in [1.82, 2.24) is 29.5 Å². The topological polar surface area (TPSA) is 74.6 Å². The molecule has 1 aliphatic rings. The Morgan fingerprint density at radius 3 is 2.66 bits per heavy atom. The normalized spacial score (nSPS) is 12.8. The maximum absolute atomic E-state index is 5.56. The van der Waals surface area contributed by atoms with Crippen LogP contribution in [0, 0.1) is 6.92 Å². The van der Waals surface area contributed by atoms with Gasteiger partial charge in [0.2, 0.25) is 0 Å². The van der Waals surface area contributed by atoms with E-state index in [2.05, 4.69) is 64.9 Å². The maximum Gasteiger partial charge on any atom is 0.278 e. The highest BCUT2D eigenvalue weighted by molar-refractivity contribution is 5.76. The summed E-state index contributed by atoms with van der Waals surface area (Å²) in [5.41, 5.74) is 7.37. The van der Waals surface area contributed by atoms with Crippen molar-refractivity contribution in [2.24, 2.45) is 0 Å². The Kier molecular flexibility index (Phi) is 3.94. The number of aromatic nitrogens is 6. The second-order valence-electron chi connectivity index (χ2n) is 8.30. The molecule has 0 atom stereocenters. The van der Waals surface area contributed by atoms with Crippen molar-refractivity contribution in [3.8, 4) is 28.5 Å². The summed E-state index contributed by atoms with van der Waals surface area (Å²) in [5, 5.41) is 9.04. The van der Waals surface area contributed by atoms with Crippen LogP contribution in [-0.4, -0.2) is 29.5 Å². The van der Waals surface area contributed by atoms with Gasteiger partial charge >= 0.3 is 0 Å². The SMILES string of the molecule is Cc1ccc2c(c1)-c1nn(C(C)C)cc1Cc1c(-c3nc(C(C)C)no3)ncn1-2. The first-order chi connectivity index (χ1) is 13.9. The van der Waals surface area contributed by atoms with Crippen LogP contribution in [0.3, 0.4) is 0 Å². The molecule has 0 saturated heterocycles. The average molecular weight is 388 g/mol. The first-order valence-corrected chi connectivity index (χ1v) is 10.0. The summed E-state index contributed by atoms with van der Waals surface area (Å²) >= 11 is 0. The monoisotopic (exact) mass is 388 g/mol. The predicted octanol–water partition coefficient (Wildman–Crippen LogP) is 4.70. The molecule has 29 heavy (non-hydrogen) atoms. The van der Waals surface area contributed by atoms with Crippen LogP contribution in [-0.2, 0) is 6.42 Å². The Bertz CT molecular complexity index is 1210. The van der Waals surface area contributed by atoms with Crippen LogP contribution in [0.15, 0.2) is 35.2 Å². The average Bonchev–Trinajstić information content (AvgIpc) is 3.39. The van der Waals surface area contributed by atoms with Crippen molar-refractivity contribution in [3.05, 3.63) is 53.4 Å². The van der Waals surface area contributed by atoms with Crippen LogP contribution in [0.2, 0.25) is 0 Å². The summed E-state index contributed by atoms with van der Waals surface area (Å²) < 4.78 is 9.72. The van der Waals surface area contributed by atoms with E-state index in [1.807, 2.05) is 24.9 Å². The van der Waals surface area contributed by atoms with Gasteiger partial charge in [0.25, 0.3) is 5.89 Å². The fourth-order valence-corrected chi connectivity index (χ4v) is 3.77. The zero-order valence-electron chi connectivity index (χ0n) is 17.3. The number of aryl methyl sites for hydroxylation is 1. The molecule has 148 valence electrons. The lowest BCUT2D eigenvalue weighted by Crippen LogP contribution is -2.03. The van der Waals surface area contributed by atoms with Gasteiger partial charge in [0, 0.05) is 35.7 Å². The Hall–Kier alpha value is -3.22. The van der Waals surface area contributed by atoms with Gasteiger partial charge in [-0.2, -0.15) is 10.1 Å². The largest absolute Gasteiger partial charge is 0.332 e. The van der Waals surface area contributed by atoms with Crippen molar-refractivity contribution in [2.75, 3.05) is 0 Å². The van der Waals surface area contributed by atoms with E-state index in [1.54, 1.807) is 0 Å². The highest BCUT2D eigenvalue weighted by Crippen LogP contribution is 2.38. The molecule has 0 N–H and O–H groups in total. The van der Waals surface area contributed by atoms with Crippen molar-refractivity contribution >= 4 is 0 Å². The third-order valence-corrected chi connectivity index (χ3v) is 5.39. The first-order valence-electron chi connectivity index (χ1n) is 10.0. The molecule has 7 nitrogen and oxygen atoms in total. The molecule has 0 fully saturated rings. The lowest BCUT2D eigenvalue weighted by Gasteiger charge is -2.11. The third-order valence-electron chi connectivity index (χ3n) is 5.39. The summed E-state index contributed by atoms with van der Waals surface area (Å²) in [7, 11) is 0. The lowest BCUT2D eigenvalue weighted by molar-refractivity contribution is 0.418. The molecule has 5 rings (SSSR count). The Morgan fingerprint density at radius 2 is 1.93 bits per heavy atom. The van der Waals surface area contributed by atoms with Crippen molar-refractivity contribution in [3.63, 3.8) is 0 Å². The molecule has 1 aromatic carbocycles. The fraction of sp³-hybridized carbons (Fsp3) is 0.364. The molecule has 0 bridgehead atoms. The second kappa shape index (κ2) is 6.40. The standard InChI is InChI=1S/C22H24N6O/c1-12(2)21-24-22(29-26-21)20-18-9-15-10-28(13(3)4)25-19(15)16-8-14(5)6-7-17(16)27(18)11-23-20/h6-8,10-13H,9H2,1-5H3. The van der Waals surface area contributed by atoms with Gasteiger partial charge in [-0.15, -0.1) is 0 Å². The zero-order chi connectivity index (χ0) is 20.3. The third kappa shape index (κ3) is 2.80. The molecule has 0 saturated carbocycles. The molecule has 0 unspecified atom stereocenters. The molecule has 3 aromatic heterocycles. The Balaban J connectivity index is 1.73. The van der Waals surface area contributed by atoms with Gasteiger partial charge in [-0.1, -0.05) is 30.6 Å². The Labute approximate surface area is 169 Å². The quantitative estimate of drug-likeness (QED) is 0.448. The van der Waals surface area contributed by atoms with E-state index in [9.17, 15) is 0 Å². The van der Waals surface area contributed by atoms with Crippen LogP contribution in [0.4, 0.5) is 0 Å². The van der Waals surface area contributed by atoms with E-state index in [-0.39, 0.29) is 5.92 Å². The van der Waals surface area contributed by atoms with Gasteiger partial charge in [-0.25, -0.2) is 4.98 Å². The summed E-state index contributed by atoms with van der Waals surface area (Å²) in [6.07, 6.45) is 4.69. The van der Waals surface area contributed by atoms with E-state index in [0.717, 1.165) is 28.3 Å². The molecular formula is C22H24N6O. The smallest absolute Gasteiger partial charge is 0.278 e. The van der Waals surface area contributed by atoms with Crippen molar-refractivity contribution in [1.29, 1.82) is 0 Å². The zero-order valence-corrected chi connectivity index (χ0v) is 17.3. The molecule has 0 radical (unpaired) electrons. The summed E-state index contributed by atoms with van der Waals surface area (Å²) in [5.74, 6) is 1.36. The minimum absolute atomic E-state index is 0.202. The molecule has 4 heterocycles. The lowest BCUT2D eigenvalue weighted by atomic mass is 10.0. The number of hydrogen-bond donors (Lipinski definition) is 0. The molecule has 4 aromatic rings. The predicted molar refractivity (Wildman–Crippen MR) is 110 cm³/mol. The number of benzene rings is 1. The number of hydrogen-bond acceptors (Lipinski definition) is 5. The molecule has 0 amide bonds. The van der Waals surface area contributed by atoms with E-state index in [0.29, 0.717) is 24.2 Å². The van der Waals surface area contributed by atoms with Crippen LogP contribution in [0.5, 0.6) is 0 Å². The summed E-state index contributed by atoms with van der Waals surface area (Å²) in [6.45, 7) is 10.5. The molecule has 0 spiro atoms. The van der Waals surface area contributed by atoms with E-state index in [1.165, 1.54) is 11.1 Å². The van der Waals surface area contributed by atoms with Crippen molar-refractivity contribution in [2.45, 2.75) is 53.0 Å². The minimum Gasteiger partial charge on any atom is -0.332 e. The van der Waals surface area contributed by atoms with Gasteiger partial charge in [0.15, 0.2) is 11.5 Å². The highest BCUT2D eigenvalue weighted by Gasteiger charge is 2.28. The molecule has 0 aliphatic carbocycles. The number of rotatable bonds is 3. The highest BCUT2D eigenvalue weighted by atomic mass is 16.5. The van der Waals surface area contributed by atoms with Crippen LogP contribution >= 0.6 is 0 Å². The molecular weight excluding hydrogens is 364 g/mol. The van der Waals surface area contributed by atoms with Crippen LogP contribution in [0.1, 0.15) is 62.3 Å². The number of imidazole rings is 1. The van der Waals surface area contributed by atoms with Gasteiger partial charge in [0.1, 0.15) is 6.33 Å². The van der Waals surface area contributed by atoms with Crippen LogP contribution < -0.4 is 0 Å². The number of nitrogens with zero attached hydrogens (tertiary/aromatic N) is 6. The number of fused-ring (bicyclic) bond motifs is 5. The fourth-order valence-electron chi connectivity index (χ4n) is 3.77. The van der Waals surface area contributed by atoms with Gasteiger partial charge < -0.3 is 9.09 Å². The minimum atomic E-state index is 0.202. The molecule has 1 aliphatic heterocycles. The van der Waals surface area contributed by atoms with E-state index >= 15 is 0 Å². The molecule has 7 heteroatoms. The van der Waals surface area contributed by atoms with Crippen LogP contribution in [0.25, 0.3) is 28.5 Å². The van der Waals surface area contributed by atoms with Gasteiger partial charge in [0.05, 0.1) is 17.1 Å². The first kappa shape index (κ1) is 17.8. The Morgan fingerprint density at radius 1 is 1.10 bits per heavy atom. The van der Waals surface area contributed by atoms with Crippen molar-refractivity contribution < 1.29 is 4.52 Å². The van der Waals surface area contributed by atoms with E-state index in [4.69, 9.17) is 9.62 Å². The van der Waals surface area contributed by atoms with Gasteiger partial charge in [-0.05, 0) is 32.9 Å². The second-order valence-corrected chi connectivity index (χ2v) is 8.30. The van der Waals surface area contributed by atoms with Gasteiger partial charge in [-0.3, -0.25) is 4.68 Å². The van der Waals surface area contributed by atoms with E-state index < -0.39 is 0 Å².